The molecule has 0 bridgehead atoms. The van der Waals surface area contributed by atoms with E-state index in [0.717, 1.165) is 16.5 Å². The molecule has 3 aromatic rings. The average molecular weight is 392 g/mol. The maximum Gasteiger partial charge on any atom is 0.258 e. The summed E-state index contributed by atoms with van der Waals surface area (Å²) in [6, 6.07) is 14.7. The Hall–Kier alpha value is -3.81. The van der Waals surface area contributed by atoms with Crippen LogP contribution in [0.2, 0.25) is 0 Å². The summed E-state index contributed by atoms with van der Waals surface area (Å²) < 4.78 is 5.56. The first-order valence-electron chi connectivity index (χ1n) is 9.26. The maximum atomic E-state index is 12.4. The van der Waals surface area contributed by atoms with Crippen LogP contribution in [0.5, 0.6) is 5.75 Å². The number of rotatable bonds is 4. The Morgan fingerprint density at radius 2 is 1.79 bits per heavy atom. The molecule has 0 saturated carbocycles. The van der Waals surface area contributed by atoms with Crippen LogP contribution < -0.4 is 20.5 Å². The Balaban J connectivity index is 1.36. The van der Waals surface area contributed by atoms with E-state index in [1.807, 2.05) is 24.3 Å². The molecular weight excluding hydrogens is 372 g/mol. The van der Waals surface area contributed by atoms with E-state index in [-0.39, 0.29) is 37.8 Å². The summed E-state index contributed by atoms with van der Waals surface area (Å²) in [5.74, 6) is -0.513. The topological polar surface area (TPSA) is 104 Å². The lowest BCUT2D eigenvalue weighted by Crippen LogP contribution is -2.48. The lowest BCUT2D eigenvalue weighted by molar-refractivity contribution is -0.128. The van der Waals surface area contributed by atoms with Crippen LogP contribution in [-0.4, -0.2) is 35.9 Å². The van der Waals surface area contributed by atoms with Crippen LogP contribution in [0.3, 0.4) is 0 Å². The summed E-state index contributed by atoms with van der Waals surface area (Å²) in [5.41, 5.74) is 7.10. The molecule has 3 amide bonds. The van der Waals surface area contributed by atoms with Gasteiger partial charge in [-0.05, 0) is 23.8 Å². The van der Waals surface area contributed by atoms with Gasteiger partial charge in [-0.1, -0.05) is 30.3 Å². The van der Waals surface area contributed by atoms with Gasteiger partial charge in [-0.2, -0.15) is 0 Å². The molecule has 2 aromatic carbocycles. The lowest BCUT2D eigenvalue weighted by atomic mass is 10.1. The number of hydrogen-bond donors (Lipinski definition) is 3. The van der Waals surface area contributed by atoms with Gasteiger partial charge in [0, 0.05) is 17.1 Å². The minimum absolute atomic E-state index is 0.115. The SMILES string of the molecule is O=C(Cc1c[nH]c2ccccc12)NNC(=O)CN1C(=O)CCOc2ccccc21. The number of aromatic nitrogens is 1. The normalized spacial score (nSPS) is 13.4. The van der Waals surface area contributed by atoms with Crippen molar-refractivity contribution in [3.63, 3.8) is 0 Å². The van der Waals surface area contributed by atoms with Crippen LogP contribution in [-0.2, 0) is 20.8 Å². The van der Waals surface area contributed by atoms with Crippen molar-refractivity contribution in [2.45, 2.75) is 12.8 Å². The van der Waals surface area contributed by atoms with Crippen LogP contribution in [0.25, 0.3) is 10.9 Å². The van der Waals surface area contributed by atoms with Crippen LogP contribution in [0.4, 0.5) is 5.69 Å². The van der Waals surface area contributed by atoms with Crippen molar-refractivity contribution in [3.05, 3.63) is 60.3 Å². The van der Waals surface area contributed by atoms with E-state index in [0.29, 0.717) is 11.4 Å². The number of carbonyl (C=O) groups is 3. The first-order valence-corrected chi connectivity index (χ1v) is 9.26. The van der Waals surface area contributed by atoms with E-state index in [2.05, 4.69) is 15.8 Å². The van der Waals surface area contributed by atoms with Crippen LogP contribution in [0, 0.1) is 0 Å². The highest BCUT2D eigenvalue weighted by atomic mass is 16.5. The molecule has 29 heavy (non-hydrogen) atoms. The van der Waals surface area contributed by atoms with Gasteiger partial charge in [0.2, 0.25) is 11.8 Å². The average Bonchev–Trinajstić information content (AvgIpc) is 3.06. The van der Waals surface area contributed by atoms with Crippen molar-refractivity contribution in [3.8, 4) is 5.75 Å². The number of fused-ring (bicyclic) bond motifs is 2. The van der Waals surface area contributed by atoms with Crippen molar-refractivity contribution in [2.24, 2.45) is 0 Å². The first kappa shape index (κ1) is 18.5. The zero-order valence-corrected chi connectivity index (χ0v) is 15.6. The summed E-state index contributed by atoms with van der Waals surface area (Å²) in [7, 11) is 0. The smallest absolute Gasteiger partial charge is 0.258 e. The predicted octanol–water partition coefficient (Wildman–Crippen LogP) is 1.67. The fourth-order valence-corrected chi connectivity index (χ4v) is 3.31. The molecule has 1 aromatic heterocycles. The highest BCUT2D eigenvalue weighted by Crippen LogP contribution is 2.30. The molecule has 8 heteroatoms. The standard InChI is InChI=1S/C21H20N4O4/c26-19(11-14-12-22-16-6-2-1-5-15(14)16)23-24-20(27)13-25-17-7-3-4-8-18(17)29-10-9-21(25)28/h1-8,12,22H,9-11,13H2,(H,23,26)(H,24,27). The third kappa shape index (κ3) is 4.06. The molecule has 1 aliphatic rings. The summed E-state index contributed by atoms with van der Waals surface area (Å²) in [6.45, 7) is 0.0435. The predicted molar refractivity (Wildman–Crippen MR) is 107 cm³/mol. The fraction of sp³-hybridized carbons (Fsp3) is 0.190. The van der Waals surface area contributed by atoms with E-state index in [9.17, 15) is 14.4 Å². The minimum Gasteiger partial charge on any atom is -0.491 e. The number of aromatic amines is 1. The Morgan fingerprint density at radius 1 is 1.03 bits per heavy atom. The molecule has 0 aliphatic carbocycles. The molecule has 8 nitrogen and oxygen atoms in total. The van der Waals surface area contributed by atoms with Gasteiger partial charge in [0.1, 0.15) is 12.3 Å². The second-order valence-electron chi connectivity index (χ2n) is 6.68. The number of hydrogen-bond acceptors (Lipinski definition) is 4. The number of nitrogens with one attached hydrogen (secondary N) is 3. The molecule has 0 atom stereocenters. The number of hydrazine groups is 1. The third-order valence-electron chi connectivity index (χ3n) is 4.70. The third-order valence-corrected chi connectivity index (χ3v) is 4.70. The lowest BCUT2D eigenvalue weighted by Gasteiger charge is -2.21. The summed E-state index contributed by atoms with van der Waals surface area (Å²) in [4.78, 5) is 41.4. The molecule has 0 saturated heterocycles. The Bertz CT molecular complexity index is 1080. The van der Waals surface area contributed by atoms with Gasteiger partial charge < -0.3 is 9.72 Å². The number of nitrogens with zero attached hydrogens (tertiary/aromatic N) is 1. The fourth-order valence-electron chi connectivity index (χ4n) is 3.31. The van der Waals surface area contributed by atoms with Crippen LogP contribution >= 0.6 is 0 Å². The number of anilines is 1. The number of benzene rings is 2. The second-order valence-corrected chi connectivity index (χ2v) is 6.68. The monoisotopic (exact) mass is 392 g/mol. The molecular formula is C21H20N4O4. The second kappa shape index (κ2) is 8.05. The van der Waals surface area contributed by atoms with Crippen molar-refractivity contribution in [1.29, 1.82) is 0 Å². The van der Waals surface area contributed by atoms with Gasteiger partial charge in [0.05, 0.1) is 25.1 Å². The van der Waals surface area contributed by atoms with E-state index in [1.165, 1.54) is 4.90 Å². The quantitative estimate of drug-likeness (QED) is 0.588. The number of ether oxygens (including phenoxy) is 1. The molecule has 148 valence electrons. The molecule has 3 N–H and O–H groups in total. The highest BCUT2D eigenvalue weighted by Gasteiger charge is 2.25. The zero-order chi connectivity index (χ0) is 20.2. The zero-order valence-electron chi connectivity index (χ0n) is 15.6. The van der Waals surface area contributed by atoms with Crippen LogP contribution in [0.1, 0.15) is 12.0 Å². The minimum atomic E-state index is -0.498. The van der Waals surface area contributed by atoms with E-state index in [1.54, 1.807) is 30.5 Å². The van der Waals surface area contributed by atoms with Gasteiger partial charge in [0.15, 0.2) is 0 Å². The van der Waals surface area contributed by atoms with Crippen molar-refractivity contribution in [2.75, 3.05) is 18.1 Å². The molecule has 0 unspecified atom stereocenters. The number of amides is 3. The Morgan fingerprint density at radius 3 is 2.69 bits per heavy atom. The Kier molecular flexibility index (Phi) is 5.15. The molecule has 0 spiro atoms. The molecule has 4 rings (SSSR count). The van der Waals surface area contributed by atoms with Crippen molar-refractivity contribution < 1.29 is 19.1 Å². The maximum absolute atomic E-state index is 12.4. The van der Waals surface area contributed by atoms with Gasteiger partial charge in [-0.25, -0.2) is 0 Å². The van der Waals surface area contributed by atoms with Crippen LogP contribution in [0.15, 0.2) is 54.7 Å². The molecule has 2 heterocycles. The van der Waals surface area contributed by atoms with Gasteiger partial charge in [0.25, 0.3) is 5.91 Å². The summed E-state index contributed by atoms with van der Waals surface area (Å²) in [5, 5.41) is 0.959. The number of carbonyl (C=O) groups excluding carboxylic acids is 3. The largest absolute Gasteiger partial charge is 0.491 e. The number of para-hydroxylation sites is 3. The molecule has 0 fully saturated rings. The van der Waals surface area contributed by atoms with Crippen molar-refractivity contribution >= 4 is 34.3 Å². The van der Waals surface area contributed by atoms with E-state index in [4.69, 9.17) is 4.74 Å². The number of H-pyrrole nitrogens is 1. The molecule has 1 aliphatic heterocycles. The van der Waals surface area contributed by atoms with Gasteiger partial charge in [-0.15, -0.1) is 0 Å². The summed E-state index contributed by atoms with van der Waals surface area (Å²) >= 11 is 0. The van der Waals surface area contributed by atoms with E-state index < -0.39 is 5.91 Å². The van der Waals surface area contributed by atoms with Gasteiger partial charge >= 0.3 is 0 Å². The Labute approximate surface area is 166 Å². The summed E-state index contributed by atoms with van der Waals surface area (Å²) in [6.07, 6.45) is 2.07. The van der Waals surface area contributed by atoms with Gasteiger partial charge in [-0.3, -0.25) is 30.1 Å². The highest BCUT2D eigenvalue weighted by molar-refractivity contribution is 6.00. The first-order chi connectivity index (χ1) is 14.1. The van der Waals surface area contributed by atoms with E-state index >= 15 is 0 Å². The van der Waals surface area contributed by atoms with Crippen molar-refractivity contribution in [1.82, 2.24) is 15.8 Å². The molecule has 0 radical (unpaired) electrons.